The second kappa shape index (κ2) is 7.90. The molecule has 0 spiro atoms. The first kappa shape index (κ1) is 20.3. The number of aromatic amines is 1. The van der Waals surface area contributed by atoms with Crippen molar-refractivity contribution in [2.45, 2.75) is 13.1 Å². The van der Waals surface area contributed by atoms with Crippen molar-refractivity contribution >= 4 is 11.8 Å². The van der Waals surface area contributed by atoms with Crippen molar-refractivity contribution in [3.63, 3.8) is 0 Å². The molecule has 0 saturated carbocycles. The zero-order chi connectivity index (χ0) is 21.2. The smallest absolute Gasteiger partial charge is 0.416 e. The minimum absolute atomic E-state index is 0.0340. The molecule has 0 atom stereocenters. The molecule has 10 heteroatoms. The molecule has 2 aromatic heterocycles. The van der Waals surface area contributed by atoms with Gasteiger partial charge >= 0.3 is 12.1 Å². The van der Waals surface area contributed by atoms with Crippen molar-refractivity contribution in [3.8, 4) is 22.5 Å². The summed E-state index contributed by atoms with van der Waals surface area (Å²) in [6.07, 6.45) is -4.49. The number of carbonyl (C=O) groups is 1. The van der Waals surface area contributed by atoms with E-state index in [9.17, 15) is 18.0 Å². The number of nitrogens with one attached hydrogen (secondary N) is 1. The Hall–Kier alpha value is -3.43. The Morgan fingerprint density at radius 1 is 1.10 bits per heavy atom. The van der Waals surface area contributed by atoms with Crippen molar-refractivity contribution in [2.75, 3.05) is 25.6 Å². The van der Waals surface area contributed by atoms with Crippen LogP contribution in [0.1, 0.15) is 23.0 Å². The third-order valence-electron chi connectivity index (χ3n) is 4.07. The summed E-state index contributed by atoms with van der Waals surface area (Å²) >= 11 is 0. The highest BCUT2D eigenvalue weighted by Gasteiger charge is 2.32. The van der Waals surface area contributed by atoms with Gasteiger partial charge in [-0.25, -0.2) is 9.78 Å². The van der Waals surface area contributed by atoms with E-state index in [1.807, 2.05) is 0 Å². The van der Waals surface area contributed by atoms with Crippen molar-refractivity contribution < 1.29 is 22.7 Å². The van der Waals surface area contributed by atoms with E-state index in [1.54, 1.807) is 45.3 Å². The Bertz CT molecular complexity index is 1010. The molecule has 0 bridgehead atoms. The number of benzene rings is 1. The topological polar surface area (TPSA) is 84.0 Å². The quantitative estimate of drug-likeness (QED) is 0.650. The van der Waals surface area contributed by atoms with Gasteiger partial charge in [-0.2, -0.15) is 23.5 Å². The molecule has 3 aromatic rings. The first-order valence-electron chi connectivity index (χ1n) is 8.66. The molecule has 152 valence electrons. The van der Waals surface area contributed by atoms with Crippen molar-refractivity contribution in [1.29, 1.82) is 0 Å². The average molecular weight is 405 g/mol. The minimum atomic E-state index is -4.49. The molecule has 0 unspecified atom stereocenters. The zero-order valence-electron chi connectivity index (χ0n) is 15.9. The van der Waals surface area contributed by atoms with Gasteiger partial charge < -0.3 is 9.64 Å². The van der Waals surface area contributed by atoms with Gasteiger partial charge in [0.25, 0.3) is 0 Å². The van der Waals surface area contributed by atoms with Gasteiger partial charge in [0.15, 0.2) is 5.69 Å². The van der Waals surface area contributed by atoms with Crippen LogP contribution in [0.4, 0.5) is 19.0 Å². The van der Waals surface area contributed by atoms with Crippen LogP contribution in [0.15, 0.2) is 36.4 Å². The second-order valence-electron chi connectivity index (χ2n) is 6.31. The number of anilines is 1. The van der Waals surface area contributed by atoms with E-state index in [4.69, 9.17) is 4.74 Å². The fourth-order valence-electron chi connectivity index (χ4n) is 2.63. The number of carbonyl (C=O) groups excluding carboxylic acids is 1. The molecule has 29 heavy (non-hydrogen) atoms. The van der Waals surface area contributed by atoms with Gasteiger partial charge in [0.05, 0.1) is 17.9 Å². The van der Waals surface area contributed by atoms with E-state index < -0.39 is 17.7 Å². The van der Waals surface area contributed by atoms with Gasteiger partial charge in [0.1, 0.15) is 11.5 Å². The molecular weight excluding hydrogens is 387 g/mol. The molecule has 0 radical (unpaired) electrons. The van der Waals surface area contributed by atoms with Crippen LogP contribution in [0, 0.1) is 0 Å². The maximum Gasteiger partial charge on any atom is 0.416 e. The number of alkyl halides is 3. The number of nitrogens with zero attached hydrogens (tertiary/aromatic N) is 4. The number of aromatic nitrogens is 4. The van der Waals surface area contributed by atoms with Crippen LogP contribution in [0.25, 0.3) is 22.5 Å². The molecule has 0 aliphatic heterocycles. The van der Waals surface area contributed by atoms with Crippen LogP contribution >= 0.6 is 0 Å². The van der Waals surface area contributed by atoms with E-state index in [0.29, 0.717) is 16.8 Å². The number of H-pyrrole nitrogens is 1. The number of pyridine rings is 1. The summed E-state index contributed by atoms with van der Waals surface area (Å²) in [5.41, 5.74) is 0.777. The predicted octanol–water partition coefficient (Wildman–Crippen LogP) is 3.80. The first-order valence-corrected chi connectivity index (χ1v) is 8.66. The monoisotopic (exact) mass is 405 g/mol. The van der Waals surface area contributed by atoms with Gasteiger partial charge in [-0.3, -0.25) is 0 Å². The third-order valence-corrected chi connectivity index (χ3v) is 4.07. The van der Waals surface area contributed by atoms with E-state index in [-0.39, 0.29) is 23.8 Å². The molecular formula is C19H18F3N5O2. The minimum Gasteiger partial charge on any atom is -0.461 e. The highest BCUT2D eigenvalue weighted by Crippen LogP contribution is 2.34. The average Bonchev–Trinajstić information content (AvgIpc) is 3.17. The Kier molecular flexibility index (Phi) is 5.53. The normalized spacial score (nSPS) is 11.4. The van der Waals surface area contributed by atoms with Crippen LogP contribution in [0.5, 0.6) is 0 Å². The Morgan fingerprint density at radius 3 is 2.34 bits per heavy atom. The lowest BCUT2D eigenvalue weighted by Gasteiger charge is -2.16. The molecule has 0 aliphatic rings. The maximum absolute atomic E-state index is 13.3. The summed E-state index contributed by atoms with van der Waals surface area (Å²) in [6, 6.07) is 8.49. The number of esters is 1. The summed E-state index contributed by atoms with van der Waals surface area (Å²) in [6.45, 7) is 1.87. The highest BCUT2D eigenvalue weighted by atomic mass is 19.4. The van der Waals surface area contributed by atoms with Crippen LogP contribution in [0.2, 0.25) is 0 Å². The molecule has 0 fully saturated rings. The molecule has 0 saturated heterocycles. The van der Waals surface area contributed by atoms with Gasteiger partial charge in [0.2, 0.25) is 0 Å². The molecule has 7 nitrogen and oxygen atoms in total. The SMILES string of the molecule is CCOC(=O)c1n[nH]nc1-c1ccc(-c2cc(C(F)(F)F)cc(N(C)C)n2)cc1. The van der Waals surface area contributed by atoms with Crippen LogP contribution in [0.3, 0.4) is 0 Å². The molecule has 0 amide bonds. The standard InChI is InChI=1S/C19H18F3N5O2/c1-4-29-18(28)17-16(24-26-25-17)12-7-5-11(6-8-12)14-9-13(19(20,21)22)10-15(23-14)27(2)3/h5-10H,4H2,1-3H3,(H,24,25,26). The van der Waals surface area contributed by atoms with Gasteiger partial charge in [-0.1, -0.05) is 24.3 Å². The fourth-order valence-corrected chi connectivity index (χ4v) is 2.63. The van der Waals surface area contributed by atoms with E-state index in [1.165, 1.54) is 4.90 Å². The third kappa shape index (κ3) is 4.36. The van der Waals surface area contributed by atoms with Crippen molar-refractivity contribution in [3.05, 3.63) is 47.7 Å². The molecule has 1 N–H and O–H groups in total. The largest absolute Gasteiger partial charge is 0.461 e. The fraction of sp³-hybridized carbons (Fsp3) is 0.263. The zero-order valence-corrected chi connectivity index (χ0v) is 15.9. The van der Waals surface area contributed by atoms with Crippen LogP contribution in [-0.2, 0) is 10.9 Å². The highest BCUT2D eigenvalue weighted by molar-refractivity contribution is 5.94. The maximum atomic E-state index is 13.3. The number of hydrogen-bond acceptors (Lipinski definition) is 6. The number of ether oxygens (including phenoxy) is 1. The molecule has 0 aliphatic carbocycles. The predicted molar refractivity (Wildman–Crippen MR) is 100 cm³/mol. The van der Waals surface area contributed by atoms with E-state index in [2.05, 4.69) is 20.4 Å². The molecule has 2 heterocycles. The second-order valence-corrected chi connectivity index (χ2v) is 6.31. The summed E-state index contributed by atoms with van der Waals surface area (Å²) < 4.78 is 44.7. The van der Waals surface area contributed by atoms with Gasteiger partial charge in [-0.15, -0.1) is 5.10 Å². The van der Waals surface area contributed by atoms with E-state index in [0.717, 1.165) is 12.1 Å². The van der Waals surface area contributed by atoms with Gasteiger partial charge in [-0.05, 0) is 19.1 Å². The summed E-state index contributed by atoms with van der Waals surface area (Å²) in [5, 5.41) is 10.2. The Balaban J connectivity index is 1.99. The lowest BCUT2D eigenvalue weighted by atomic mass is 10.0. The summed E-state index contributed by atoms with van der Waals surface area (Å²) in [7, 11) is 3.24. The number of halogens is 3. The lowest BCUT2D eigenvalue weighted by molar-refractivity contribution is -0.137. The Morgan fingerprint density at radius 2 is 1.76 bits per heavy atom. The number of hydrogen-bond donors (Lipinski definition) is 1. The molecule has 1 aromatic carbocycles. The van der Waals surface area contributed by atoms with Crippen molar-refractivity contribution in [1.82, 2.24) is 20.4 Å². The summed E-state index contributed by atoms with van der Waals surface area (Å²) in [5.74, 6) is -0.421. The lowest BCUT2D eigenvalue weighted by Crippen LogP contribution is -2.14. The van der Waals surface area contributed by atoms with Gasteiger partial charge in [0, 0.05) is 25.2 Å². The van der Waals surface area contributed by atoms with Crippen LogP contribution < -0.4 is 4.90 Å². The number of rotatable bonds is 5. The Labute approximate surface area is 164 Å². The first-order chi connectivity index (χ1) is 13.7. The summed E-state index contributed by atoms with van der Waals surface area (Å²) in [4.78, 5) is 17.8. The van der Waals surface area contributed by atoms with Crippen molar-refractivity contribution in [2.24, 2.45) is 0 Å². The molecule has 3 rings (SSSR count). The van der Waals surface area contributed by atoms with Crippen LogP contribution in [-0.4, -0.2) is 47.1 Å². The van der Waals surface area contributed by atoms with E-state index >= 15 is 0 Å².